The van der Waals surface area contributed by atoms with Crippen molar-refractivity contribution in [3.63, 3.8) is 0 Å². The van der Waals surface area contributed by atoms with E-state index in [1.54, 1.807) is 7.05 Å². The number of hydrogen-bond donors (Lipinski definition) is 1. The van der Waals surface area contributed by atoms with Crippen LogP contribution < -0.4 is 5.32 Å². The van der Waals surface area contributed by atoms with Gasteiger partial charge in [-0.05, 0) is 30.9 Å². The zero-order valence-corrected chi connectivity index (χ0v) is 10.1. The lowest BCUT2D eigenvalue weighted by atomic mass is 10.3. The Bertz CT molecular complexity index is 464. The molecule has 1 aromatic heterocycles. The van der Waals surface area contributed by atoms with Crippen LogP contribution in [-0.4, -0.2) is 45.3 Å². The molecule has 0 saturated carbocycles. The predicted octanol–water partition coefficient (Wildman–Crippen LogP) is 0.111. The number of carbonyl (C=O) groups excluding carboxylic acids is 1. The van der Waals surface area contributed by atoms with Crippen LogP contribution >= 0.6 is 0 Å². The largest absolute Gasteiger partial charge is 0.402 e. The summed E-state index contributed by atoms with van der Waals surface area (Å²) in [5.41, 5.74) is 0.00157. The highest BCUT2D eigenvalue weighted by Gasteiger charge is 2.25. The summed E-state index contributed by atoms with van der Waals surface area (Å²) in [6, 6.07) is 0. The first-order chi connectivity index (χ1) is 8.58. The molecule has 1 aliphatic heterocycles. The molecule has 98 valence electrons. The molecule has 0 aliphatic carbocycles. The van der Waals surface area contributed by atoms with E-state index in [0.29, 0.717) is 6.67 Å². The molecule has 18 heavy (non-hydrogen) atoms. The molecule has 0 unspecified atom stereocenters. The predicted molar refractivity (Wildman–Crippen MR) is 63.0 cm³/mol. The van der Waals surface area contributed by atoms with Crippen LogP contribution in [0.5, 0.6) is 0 Å². The highest BCUT2D eigenvalue weighted by Crippen LogP contribution is 2.15. The van der Waals surface area contributed by atoms with E-state index in [4.69, 9.17) is 0 Å². The van der Waals surface area contributed by atoms with E-state index in [2.05, 4.69) is 15.3 Å². The number of aromatic nitrogens is 2. The van der Waals surface area contributed by atoms with E-state index >= 15 is 0 Å². The smallest absolute Gasteiger partial charge is 0.358 e. The maximum Gasteiger partial charge on any atom is 0.402 e. The average Bonchev–Trinajstić information content (AvgIpc) is 2.94. The van der Waals surface area contributed by atoms with Crippen LogP contribution in [0.15, 0.2) is 6.20 Å². The van der Waals surface area contributed by atoms with E-state index < -0.39 is 16.6 Å². The van der Waals surface area contributed by atoms with Crippen LogP contribution in [0, 0.1) is 10.1 Å². The summed E-state index contributed by atoms with van der Waals surface area (Å²) in [7, 11) is 1.55. The molecule has 0 radical (unpaired) electrons. The van der Waals surface area contributed by atoms with Gasteiger partial charge in [-0.25, -0.2) is 0 Å². The summed E-state index contributed by atoms with van der Waals surface area (Å²) in [4.78, 5) is 24.0. The number of aryl methyl sites for hydroxylation is 1. The molecule has 0 aromatic carbocycles. The van der Waals surface area contributed by atoms with Gasteiger partial charge < -0.3 is 15.4 Å². The van der Waals surface area contributed by atoms with Crippen LogP contribution in [0.2, 0.25) is 0 Å². The fourth-order valence-electron chi connectivity index (χ4n) is 1.99. The Hall–Kier alpha value is -1.96. The quantitative estimate of drug-likeness (QED) is 0.607. The molecule has 0 atom stereocenters. The Labute approximate surface area is 104 Å². The van der Waals surface area contributed by atoms with Gasteiger partial charge in [-0.15, -0.1) is 0 Å². The summed E-state index contributed by atoms with van der Waals surface area (Å²) in [5, 5.41) is 17.1. The Morgan fingerprint density at radius 1 is 1.56 bits per heavy atom. The first kappa shape index (κ1) is 12.5. The third-order valence-electron chi connectivity index (χ3n) is 2.89. The maximum atomic E-state index is 11.8. The zero-order chi connectivity index (χ0) is 13.1. The molecule has 2 rings (SSSR count). The molecule has 1 fully saturated rings. The number of carbonyl (C=O) groups is 1. The number of nitrogens with zero attached hydrogens (tertiary/aromatic N) is 4. The van der Waals surface area contributed by atoms with Gasteiger partial charge in [-0.2, -0.15) is 4.68 Å². The highest BCUT2D eigenvalue weighted by atomic mass is 16.6. The van der Waals surface area contributed by atoms with Crippen molar-refractivity contribution in [1.29, 1.82) is 0 Å². The maximum absolute atomic E-state index is 11.8. The molecule has 1 N–H and O–H groups in total. The van der Waals surface area contributed by atoms with Crippen molar-refractivity contribution >= 4 is 11.7 Å². The normalized spacial score (nSPS) is 15.8. The van der Waals surface area contributed by atoms with E-state index in [9.17, 15) is 14.9 Å². The summed E-state index contributed by atoms with van der Waals surface area (Å²) in [5.74, 6) is -0.863. The standard InChI is InChI=1S/C10H15N5O3/c1-13-6-8(9(12-13)15(17)18)10(16)11-7-14-4-2-3-5-14/h6H,2-5,7H2,1H3,(H,11,16). The van der Waals surface area contributed by atoms with Gasteiger partial charge in [-0.3, -0.25) is 9.69 Å². The van der Waals surface area contributed by atoms with Gasteiger partial charge in [0.15, 0.2) is 5.56 Å². The third kappa shape index (κ3) is 2.65. The van der Waals surface area contributed by atoms with E-state index in [0.717, 1.165) is 25.9 Å². The molecular weight excluding hydrogens is 238 g/mol. The van der Waals surface area contributed by atoms with E-state index in [1.165, 1.54) is 10.9 Å². The van der Waals surface area contributed by atoms with Crippen LogP contribution in [0.25, 0.3) is 0 Å². The topological polar surface area (TPSA) is 93.3 Å². The average molecular weight is 253 g/mol. The zero-order valence-electron chi connectivity index (χ0n) is 10.1. The molecule has 2 heterocycles. The van der Waals surface area contributed by atoms with Crippen molar-refractivity contribution < 1.29 is 9.72 Å². The van der Waals surface area contributed by atoms with Gasteiger partial charge in [0.25, 0.3) is 5.91 Å². The van der Waals surface area contributed by atoms with Gasteiger partial charge in [0, 0.05) is 0 Å². The summed E-state index contributed by atoms with van der Waals surface area (Å²) < 4.78 is 1.27. The number of nitrogens with one attached hydrogen (secondary N) is 1. The van der Waals surface area contributed by atoms with Gasteiger partial charge in [0.1, 0.15) is 0 Å². The second-order valence-corrected chi connectivity index (χ2v) is 4.29. The minimum atomic E-state index is -0.648. The van der Waals surface area contributed by atoms with Crippen LogP contribution in [0.4, 0.5) is 5.82 Å². The molecule has 0 spiro atoms. The summed E-state index contributed by atoms with van der Waals surface area (Å²) in [6.45, 7) is 2.33. The second-order valence-electron chi connectivity index (χ2n) is 4.29. The summed E-state index contributed by atoms with van der Waals surface area (Å²) >= 11 is 0. The Kier molecular flexibility index (Phi) is 3.56. The van der Waals surface area contributed by atoms with Crippen molar-refractivity contribution in [2.24, 2.45) is 7.05 Å². The van der Waals surface area contributed by atoms with Gasteiger partial charge in [-0.1, -0.05) is 0 Å². The molecule has 8 nitrogen and oxygen atoms in total. The molecule has 1 aromatic rings. The molecule has 8 heteroatoms. The number of rotatable bonds is 4. The van der Waals surface area contributed by atoms with Crippen molar-refractivity contribution in [3.8, 4) is 0 Å². The molecule has 1 saturated heterocycles. The first-order valence-corrected chi connectivity index (χ1v) is 5.76. The summed E-state index contributed by atoms with van der Waals surface area (Å²) in [6.07, 6.45) is 3.61. The van der Waals surface area contributed by atoms with Gasteiger partial charge in [0.2, 0.25) is 0 Å². The lowest BCUT2D eigenvalue weighted by Crippen LogP contribution is -2.35. The SMILES string of the molecule is Cn1cc(C(=O)NCN2CCCC2)c([N+](=O)[O-])n1. The van der Waals surface area contributed by atoms with Crippen molar-refractivity contribution in [3.05, 3.63) is 21.9 Å². The highest BCUT2D eigenvalue weighted by molar-refractivity contribution is 5.97. The minimum Gasteiger partial charge on any atom is -0.358 e. The number of likely N-dealkylation sites (tertiary alicyclic amines) is 1. The lowest BCUT2D eigenvalue weighted by molar-refractivity contribution is -0.390. The Balaban J connectivity index is 2.01. The van der Waals surface area contributed by atoms with Crippen LogP contribution in [0.3, 0.4) is 0 Å². The van der Waals surface area contributed by atoms with Crippen molar-refractivity contribution in [2.75, 3.05) is 19.8 Å². The van der Waals surface area contributed by atoms with Crippen LogP contribution in [0.1, 0.15) is 23.2 Å². The van der Waals surface area contributed by atoms with Crippen molar-refractivity contribution in [1.82, 2.24) is 20.0 Å². The minimum absolute atomic E-state index is 0.00157. The first-order valence-electron chi connectivity index (χ1n) is 5.76. The molecule has 0 bridgehead atoms. The number of hydrogen-bond acceptors (Lipinski definition) is 5. The third-order valence-corrected chi connectivity index (χ3v) is 2.89. The molecule has 1 aliphatic rings. The van der Waals surface area contributed by atoms with Crippen LogP contribution in [-0.2, 0) is 7.05 Å². The van der Waals surface area contributed by atoms with E-state index in [-0.39, 0.29) is 5.56 Å². The fourth-order valence-corrected chi connectivity index (χ4v) is 1.99. The molecular formula is C10H15N5O3. The van der Waals surface area contributed by atoms with Gasteiger partial charge >= 0.3 is 5.82 Å². The Morgan fingerprint density at radius 3 is 2.83 bits per heavy atom. The Morgan fingerprint density at radius 2 is 2.22 bits per heavy atom. The lowest BCUT2D eigenvalue weighted by Gasteiger charge is -2.14. The number of nitro groups is 1. The fraction of sp³-hybridized carbons (Fsp3) is 0.600. The monoisotopic (exact) mass is 253 g/mol. The number of amides is 1. The van der Waals surface area contributed by atoms with Gasteiger partial charge in [0.05, 0.1) is 25.0 Å². The molecule has 1 amide bonds. The van der Waals surface area contributed by atoms with Crippen molar-refractivity contribution in [2.45, 2.75) is 12.8 Å². The van der Waals surface area contributed by atoms with E-state index in [1.807, 2.05) is 0 Å². The second kappa shape index (κ2) is 5.13.